The number of carbonyl (C=O) groups is 1. The molecule has 0 saturated carbocycles. The maximum atomic E-state index is 12.7. The van der Waals surface area contributed by atoms with Crippen molar-refractivity contribution in [3.63, 3.8) is 0 Å². The first-order valence-electron chi connectivity index (χ1n) is 8.61. The molecule has 0 fully saturated rings. The van der Waals surface area contributed by atoms with Gasteiger partial charge in [-0.15, -0.1) is 10.2 Å². The number of aromatic nitrogens is 3. The fourth-order valence-corrected chi connectivity index (χ4v) is 3.51. The van der Waals surface area contributed by atoms with E-state index >= 15 is 0 Å². The van der Waals surface area contributed by atoms with E-state index in [-0.39, 0.29) is 5.91 Å². The lowest BCUT2D eigenvalue weighted by Gasteiger charge is -2.30. The van der Waals surface area contributed by atoms with Crippen molar-refractivity contribution < 1.29 is 14.3 Å². The fourth-order valence-electron chi connectivity index (χ4n) is 3.21. The maximum absolute atomic E-state index is 12.7. The summed E-state index contributed by atoms with van der Waals surface area (Å²) in [5.74, 6) is 0.771. The highest BCUT2D eigenvalue weighted by Gasteiger charge is 2.35. The second-order valence-corrected chi connectivity index (χ2v) is 6.84. The van der Waals surface area contributed by atoms with Gasteiger partial charge in [0.25, 0.3) is 0 Å². The minimum absolute atomic E-state index is 0.172. The Balaban J connectivity index is 2.00. The van der Waals surface area contributed by atoms with E-state index in [1.807, 2.05) is 54.8 Å². The molecule has 0 unspecified atom stereocenters. The SMILES string of the molecule is COc1ccccc1[C@H]1Oc2nc(SC)nnc2-c2ccccc2N1C(C)=O. The van der Waals surface area contributed by atoms with Crippen LogP contribution in [0.5, 0.6) is 11.6 Å². The van der Waals surface area contributed by atoms with Crippen LogP contribution in [-0.2, 0) is 4.79 Å². The highest BCUT2D eigenvalue weighted by atomic mass is 32.2. The predicted octanol–water partition coefficient (Wildman–Crippen LogP) is 3.71. The van der Waals surface area contributed by atoms with Gasteiger partial charge in [0.1, 0.15) is 5.75 Å². The molecule has 1 amide bonds. The molecule has 28 heavy (non-hydrogen) atoms. The summed E-state index contributed by atoms with van der Waals surface area (Å²) in [6, 6.07) is 15.0. The van der Waals surface area contributed by atoms with Gasteiger partial charge in [-0.2, -0.15) is 4.98 Å². The average molecular weight is 394 g/mol. The summed E-state index contributed by atoms with van der Waals surface area (Å²) in [6.45, 7) is 1.50. The second kappa shape index (κ2) is 7.47. The van der Waals surface area contributed by atoms with Gasteiger partial charge in [-0.1, -0.05) is 42.1 Å². The minimum atomic E-state index is -0.762. The van der Waals surface area contributed by atoms with Crippen molar-refractivity contribution >= 4 is 23.4 Å². The first-order valence-corrected chi connectivity index (χ1v) is 9.84. The number of rotatable bonds is 3. The normalized spacial score (nSPS) is 15.1. The van der Waals surface area contributed by atoms with Crippen LogP contribution in [0.15, 0.2) is 53.7 Å². The van der Waals surface area contributed by atoms with Crippen molar-refractivity contribution in [1.29, 1.82) is 0 Å². The van der Waals surface area contributed by atoms with Crippen LogP contribution in [0.1, 0.15) is 18.7 Å². The molecule has 1 aliphatic heterocycles. The average Bonchev–Trinajstić information content (AvgIpc) is 2.87. The Labute approximate surface area is 166 Å². The summed E-state index contributed by atoms with van der Waals surface area (Å²) in [7, 11) is 1.59. The van der Waals surface area contributed by atoms with Crippen molar-refractivity contribution in [3.8, 4) is 22.9 Å². The van der Waals surface area contributed by atoms with Gasteiger partial charge in [0.2, 0.25) is 23.2 Å². The summed E-state index contributed by atoms with van der Waals surface area (Å²) in [6.07, 6.45) is 1.11. The molecule has 1 aromatic heterocycles. The van der Waals surface area contributed by atoms with Crippen molar-refractivity contribution in [2.45, 2.75) is 18.3 Å². The first kappa shape index (κ1) is 18.2. The summed E-state index contributed by atoms with van der Waals surface area (Å²) in [5.41, 5.74) is 2.62. The molecule has 0 saturated heterocycles. The molecule has 1 aliphatic rings. The van der Waals surface area contributed by atoms with Crippen LogP contribution >= 0.6 is 11.8 Å². The van der Waals surface area contributed by atoms with Gasteiger partial charge in [0, 0.05) is 12.5 Å². The van der Waals surface area contributed by atoms with Crippen molar-refractivity contribution in [3.05, 3.63) is 54.1 Å². The summed E-state index contributed by atoms with van der Waals surface area (Å²) in [4.78, 5) is 18.8. The lowest BCUT2D eigenvalue weighted by atomic mass is 10.1. The molecule has 8 heteroatoms. The van der Waals surface area contributed by atoms with Gasteiger partial charge < -0.3 is 9.47 Å². The Morgan fingerprint density at radius 2 is 1.89 bits per heavy atom. The van der Waals surface area contributed by atoms with E-state index < -0.39 is 6.23 Å². The number of methoxy groups -OCH3 is 1. The third kappa shape index (κ3) is 3.05. The standard InChI is InChI=1S/C20H18N4O3S/c1-12(25)24-15-10-6-4-8-13(15)17-18(21-20(28-3)23-22-17)27-19(24)14-9-5-7-11-16(14)26-2/h4-11,19H,1-3H3/t19-/m1/s1. The Morgan fingerprint density at radius 3 is 2.64 bits per heavy atom. The van der Waals surface area contributed by atoms with Crippen LogP contribution in [0.25, 0.3) is 11.3 Å². The molecule has 0 aliphatic carbocycles. The van der Waals surface area contributed by atoms with E-state index in [1.165, 1.54) is 18.7 Å². The predicted molar refractivity (Wildman–Crippen MR) is 107 cm³/mol. The van der Waals surface area contributed by atoms with E-state index in [9.17, 15) is 4.79 Å². The van der Waals surface area contributed by atoms with Crippen LogP contribution in [0, 0.1) is 0 Å². The van der Waals surface area contributed by atoms with Gasteiger partial charge >= 0.3 is 0 Å². The Morgan fingerprint density at radius 1 is 1.14 bits per heavy atom. The second-order valence-electron chi connectivity index (χ2n) is 6.07. The molecule has 4 rings (SSSR count). The van der Waals surface area contributed by atoms with Crippen LogP contribution in [0.3, 0.4) is 0 Å². The molecular formula is C20H18N4O3S. The molecule has 0 spiro atoms. The Bertz CT molecular complexity index is 1040. The van der Waals surface area contributed by atoms with Crippen molar-refractivity contribution in [1.82, 2.24) is 15.2 Å². The van der Waals surface area contributed by atoms with E-state index in [4.69, 9.17) is 9.47 Å². The van der Waals surface area contributed by atoms with Crippen LogP contribution < -0.4 is 14.4 Å². The lowest BCUT2D eigenvalue weighted by Crippen LogP contribution is -2.36. The Hall–Kier alpha value is -3.13. The zero-order valence-electron chi connectivity index (χ0n) is 15.6. The summed E-state index contributed by atoms with van der Waals surface area (Å²) < 4.78 is 11.8. The van der Waals surface area contributed by atoms with Gasteiger partial charge in [0.05, 0.1) is 18.4 Å². The van der Waals surface area contributed by atoms with E-state index in [1.54, 1.807) is 12.0 Å². The molecule has 2 heterocycles. The summed E-state index contributed by atoms with van der Waals surface area (Å²) in [5, 5.41) is 8.97. The lowest BCUT2D eigenvalue weighted by molar-refractivity contribution is -0.118. The number of carbonyl (C=O) groups excluding carboxylic acids is 1. The number of para-hydroxylation sites is 2. The summed E-state index contributed by atoms with van der Waals surface area (Å²) >= 11 is 1.37. The van der Waals surface area contributed by atoms with Gasteiger partial charge in [-0.05, 0) is 24.5 Å². The quantitative estimate of drug-likeness (QED) is 0.627. The molecule has 7 nitrogen and oxygen atoms in total. The van der Waals surface area contributed by atoms with Crippen LogP contribution in [0.2, 0.25) is 0 Å². The van der Waals surface area contributed by atoms with Gasteiger partial charge in [0.15, 0.2) is 5.69 Å². The minimum Gasteiger partial charge on any atom is -0.496 e. The number of thioether (sulfide) groups is 1. The van der Waals surface area contributed by atoms with Crippen molar-refractivity contribution in [2.75, 3.05) is 18.3 Å². The molecule has 1 atom stereocenters. The largest absolute Gasteiger partial charge is 0.496 e. The monoisotopic (exact) mass is 394 g/mol. The zero-order chi connectivity index (χ0) is 19.7. The highest BCUT2D eigenvalue weighted by Crippen LogP contribution is 2.44. The molecule has 0 bridgehead atoms. The van der Waals surface area contributed by atoms with E-state index in [0.29, 0.717) is 33.7 Å². The van der Waals surface area contributed by atoms with Crippen molar-refractivity contribution in [2.24, 2.45) is 0 Å². The number of benzene rings is 2. The Kier molecular flexibility index (Phi) is 4.87. The first-order chi connectivity index (χ1) is 13.6. The third-order valence-electron chi connectivity index (χ3n) is 4.44. The number of ether oxygens (including phenoxy) is 2. The number of hydrogen-bond donors (Lipinski definition) is 0. The zero-order valence-corrected chi connectivity index (χ0v) is 16.4. The molecule has 2 aromatic carbocycles. The number of anilines is 1. The molecule has 142 valence electrons. The molecule has 0 N–H and O–H groups in total. The van der Waals surface area contributed by atoms with Crippen LogP contribution in [0.4, 0.5) is 5.69 Å². The van der Waals surface area contributed by atoms with Crippen LogP contribution in [-0.4, -0.2) is 34.5 Å². The van der Waals surface area contributed by atoms with Gasteiger partial charge in [-0.25, -0.2) is 0 Å². The van der Waals surface area contributed by atoms with E-state index in [0.717, 1.165) is 5.56 Å². The molecule has 3 aromatic rings. The number of hydrogen-bond acceptors (Lipinski definition) is 7. The fraction of sp³-hybridized carbons (Fsp3) is 0.200. The molecule has 0 radical (unpaired) electrons. The number of amides is 1. The maximum Gasteiger partial charge on any atom is 0.247 e. The number of fused-ring (bicyclic) bond motifs is 3. The smallest absolute Gasteiger partial charge is 0.247 e. The highest BCUT2D eigenvalue weighted by molar-refractivity contribution is 7.98. The van der Waals surface area contributed by atoms with Gasteiger partial charge in [-0.3, -0.25) is 9.69 Å². The third-order valence-corrected chi connectivity index (χ3v) is 4.98. The molecular weight excluding hydrogens is 376 g/mol. The topological polar surface area (TPSA) is 77.4 Å². The van der Waals surface area contributed by atoms with E-state index in [2.05, 4.69) is 15.2 Å². The number of nitrogens with zero attached hydrogens (tertiary/aromatic N) is 4.